The van der Waals surface area contributed by atoms with Crippen LogP contribution in [0.4, 0.5) is 0 Å². The number of nitrogens with one attached hydrogen (secondary N) is 1. The van der Waals surface area contributed by atoms with E-state index in [-0.39, 0.29) is 18.6 Å². The molecule has 0 saturated carbocycles. The van der Waals surface area contributed by atoms with E-state index in [4.69, 9.17) is 10.2 Å². The second-order valence-corrected chi connectivity index (χ2v) is 5.28. The standard InChI is InChI=1S/C16H22N2O3/c1-11-4-3-5-13-15(11)17-12(2)14(16(13)21)10-18(6-8-19)7-9-20/h3-5,19-20H,6-10H2,1-2H3,(H,17,21). The summed E-state index contributed by atoms with van der Waals surface area (Å²) in [6.07, 6.45) is 0. The highest BCUT2D eigenvalue weighted by Crippen LogP contribution is 2.16. The van der Waals surface area contributed by atoms with Gasteiger partial charge in [0, 0.05) is 36.3 Å². The summed E-state index contributed by atoms with van der Waals surface area (Å²) in [4.78, 5) is 17.9. The van der Waals surface area contributed by atoms with E-state index in [1.165, 1.54) is 0 Å². The van der Waals surface area contributed by atoms with Crippen molar-refractivity contribution < 1.29 is 10.2 Å². The van der Waals surface area contributed by atoms with Crippen molar-refractivity contribution in [2.75, 3.05) is 26.3 Å². The molecule has 1 aromatic heterocycles. The Morgan fingerprint density at radius 1 is 1.14 bits per heavy atom. The zero-order valence-electron chi connectivity index (χ0n) is 12.5. The number of aliphatic hydroxyl groups excluding tert-OH is 2. The number of benzene rings is 1. The molecule has 0 aliphatic carbocycles. The number of hydrogen-bond acceptors (Lipinski definition) is 4. The molecule has 0 unspecified atom stereocenters. The van der Waals surface area contributed by atoms with Gasteiger partial charge in [-0.15, -0.1) is 0 Å². The number of fused-ring (bicyclic) bond motifs is 1. The lowest BCUT2D eigenvalue weighted by Crippen LogP contribution is -2.32. The van der Waals surface area contributed by atoms with Gasteiger partial charge in [0.1, 0.15) is 0 Å². The Morgan fingerprint density at radius 3 is 2.43 bits per heavy atom. The third kappa shape index (κ3) is 3.32. The molecule has 0 aliphatic heterocycles. The van der Waals surface area contributed by atoms with E-state index in [0.717, 1.165) is 16.8 Å². The molecule has 0 amide bonds. The lowest BCUT2D eigenvalue weighted by atomic mass is 10.1. The average molecular weight is 290 g/mol. The summed E-state index contributed by atoms with van der Waals surface area (Å²) >= 11 is 0. The van der Waals surface area contributed by atoms with Gasteiger partial charge in [0.15, 0.2) is 5.43 Å². The predicted molar refractivity (Wildman–Crippen MR) is 83.5 cm³/mol. The van der Waals surface area contributed by atoms with Crippen molar-refractivity contribution in [2.45, 2.75) is 20.4 Å². The van der Waals surface area contributed by atoms with E-state index in [0.29, 0.717) is 30.6 Å². The van der Waals surface area contributed by atoms with Crippen molar-refractivity contribution in [3.63, 3.8) is 0 Å². The number of hydrogen-bond donors (Lipinski definition) is 3. The van der Waals surface area contributed by atoms with Gasteiger partial charge in [0.05, 0.1) is 18.7 Å². The molecule has 0 fully saturated rings. The quantitative estimate of drug-likeness (QED) is 0.740. The first-order valence-electron chi connectivity index (χ1n) is 7.13. The van der Waals surface area contributed by atoms with Gasteiger partial charge in [-0.05, 0) is 25.5 Å². The monoisotopic (exact) mass is 290 g/mol. The van der Waals surface area contributed by atoms with Crippen molar-refractivity contribution in [1.29, 1.82) is 0 Å². The van der Waals surface area contributed by atoms with Gasteiger partial charge in [0.2, 0.25) is 0 Å². The molecule has 1 aromatic carbocycles. The van der Waals surface area contributed by atoms with Gasteiger partial charge in [0.25, 0.3) is 0 Å². The molecular weight excluding hydrogens is 268 g/mol. The number of aliphatic hydroxyl groups is 2. The van der Waals surface area contributed by atoms with Gasteiger partial charge in [-0.3, -0.25) is 9.69 Å². The van der Waals surface area contributed by atoms with Crippen LogP contribution in [0.25, 0.3) is 10.9 Å². The molecule has 2 rings (SSSR count). The third-order valence-electron chi connectivity index (χ3n) is 3.77. The van der Waals surface area contributed by atoms with Crippen LogP contribution in [0.2, 0.25) is 0 Å². The first-order valence-corrected chi connectivity index (χ1v) is 7.13. The zero-order chi connectivity index (χ0) is 15.4. The maximum absolute atomic E-state index is 12.7. The van der Waals surface area contributed by atoms with Gasteiger partial charge in [-0.25, -0.2) is 0 Å². The number of aromatic nitrogens is 1. The smallest absolute Gasteiger partial charge is 0.194 e. The molecule has 0 radical (unpaired) electrons. The Morgan fingerprint density at radius 2 is 1.81 bits per heavy atom. The predicted octanol–water partition coefficient (Wildman–Crippen LogP) is 0.932. The number of rotatable bonds is 6. The van der Waals surface area contributed by atoms with E-state index >= 15 is 0 Å². The topological polar surface area (TPSA) is 76.6 Å². The summed E-state index contributed by atoms with van der Waals surface area (Å²) in [5, 5.41) is 18.8. The van der Waals surface area contributed by atoms with Gasteiger partial charge < -0.3 is 15.2 Å². The largest absolute Gasteiger partial charge is 0.395 e. The van der Waals surface area contributed by atoms with Crippen LogP contribution in [0.3, 0.4) is 0 Å². The summed E-state index contributed by atoms with van der Waals surface area (Å²) < 4.78 is 0. The molecule has 0 bridgehead atoms. The normalized spacial score (nSPS) is 11.5. The number of H-pyrrole nitrogens is 1. The fourth-order valence-electron chi connectivity index (χ4n) is 2.59. The number of nitrogens with zero attached hydrogens (tertiary/aromatic N) is 1. The number of pyridine rings is 1. The minimum Gasteiger partial charge on any atom is -0.395 e. The Labute approximate surface area is 123 Å². The molecule has 2 aromatic rings. The minimum absolute atomic E-state index is 0.00361. The average Bonchev–Trinajstić information content (AvgIpc) is 2.45. The molecule has 3 N–H and O–H groups in total. The Balaban J connectivity index is 2.47. The number of aryl methyl sites for hydroxylation is 2. The lowest BCUT2D eigenvalue weighted by Gasteiger charge is -2.21. The molecule has 1 heterocycles. The van der Waals surface area contributed by atoms with Gasteiger partial charge in [-0.1, -0.05) is 12.1 Å². The van der Waals surface area contributed by atoms with Crippen LogP contribution in [0.5, 0.6) is 0 Å². The highest BCUT2D eigenvalue weighted by atomic mass is 16.3. The molecule has 0 aliphatic rings. The van der Waals surface area contributed by atoms with Gasteiger partial charge in [-0.2, -0.15) is 0 Å². The summed E-state index contributed by atoms with van der Waals surface area (Å²) in [5.74, 6) is 0. The van der Waals surface area contributed by atoms with E-state index in [9.17, 15) is 4.79 Å². The van der Waals surface area contributed by atoms with E-state index in [1.54, 1.807) is 0 Å². The Kier molecular flexibility index (Phi) is 5.12. The van der Waals surface area contributed by atoms with Crippen LogP contribution >= 0.6 is 0 Å². The molecule has 114 valence electrons. The number of aromatic amines is 1. The second-order valence-electron chi connectivity index (χ2n) is 5.28. The summed E-state index contributed by atoms with van der Waals surface area (Å²) in [7, 11) is 0. The first kappa shape index (κ1) is 15.7. The van der Waals surface area contributed by atoms with Crippen LogP contribution in [-0.2, 0) is 6.54 Å². The SMILES string of the molecule is Cc1[nH]c2c(C)cccc2c(=O)c1CN(CCO)CCO. The maximum atomic E-state index is 12.7. The summed E-state index contributed by atoms with van der Waals surface area (Å²) in [5.41, 5.74) is 3.46. The fraction of sp³-hybridized carbons (Fsp3) is 0.438. The molecule has 5 nitrogen and oxygen atoms in total. The Bertz CT molecular complexity index is 673. The molecule has 5 heteroatoms. The van der Waals surface area contributed by atoms with E-state index in [2.05, 4.69) is 4.98 Å². The first-order chi connectivity index (χ1) is 10.1. The summed E-state index contributed by atoms with van der Waals surface area (Å²) in [6, 6.07) is 5.68. The summed E-state index contributed by atoms with van der Waals surface area (Å²) in [6.45, 7) is 5.16. The highest BCUT2D eigenvalue weighted by Gasteiger charge is 2.13. The van der Waals surface area contributed by atoms with Crippen LogP contribution in [0, 0.1) is 13.8 Å². The molecule has 21 heavy (non-hydrogen) atoms. The van der Waals surface area contributed by atoms with Crippen LogP contribution in [0.15, 0.2) is 23.0 Å². The minimum atomic E-state index is 0.00361. The molecular formula is C16H22N2O3. The molecule has 0 atom stereocenters. The van der Waals surface area contributed by atoms with Crippen LogP contribution in [0.1, 0.15) is 16.8 Å². The fourth-order valence-corrected chi connectivity index (χ4v) is 2.59. The van der Waals surface area contributed by atoms with Crippen molar-refractivity contribution >= 4 is 10.9 Å². The maximum Gasteiger partial charge on any atom is 0.194 e. The third-order valence-corrected chi connectivity index (χ3v) is 3.77. The lowest BCUT2D eigenvalue weighted by molar-refractivity contribution is 0.155. The number of para-hydroxylation sites is 1. The van der Waals surface area contributed by atoms with E-state index in [1.807, 2.05) is 36.9 Å². The Hall–Kier alpha value is -1.69. The van der Waals surface area contributed by atoms with Crippen LogP contribution < -0.4 is 5.43 Å². The molecule has 0 spiro atoms. The van der Waals surface area contributed by atoms with Crippen molar-refractivity contribution in [1.82, 2.24) is 9.88 Å². The highest BCUT2D eigenvalue weighted by molar-refractivity contribution is 5.82. The van der Waals surface area contributed by atoms with E-state index < -0.39 is 0 Å². The van der Waals surface area contributed by atoms with Crippen molar-refractivity contribution in [3.8, 4) is 0 Å². The van der Waals surface area contributed by atoms with Gasteiger partial charge >= 0.3 is 0 Å². The zero-order valence-corrected chi connectivity index (χ0v) is 12.5. The second kappa shape index (κ2) is 6.85. The van der Waals surface area contributed by atoms with Crippen LogP contribution in [-0.4, -0.2) is 46.4 Å². The van der Waals surface area contributed by atoms with Crippen molar-refractivity contribution in [3.05, 3.63) is 45.2 Å². The van der Waals surface area contributed by atoms with Crippen molar-refractivity contribution in [2.24, 2.45) is 0 Å². The molecule has 0 saturated heterocycles.